The average Bonchev–Trinajstić information content (AvgIpc) is 2.39. The first-order valence-electron chi connectivity index (χ1n) is 8.17. The minimum atomic E-state index is 0.684. The van der Waals surface area contributed by atoms with Crippen molar-refractivity contribution in [3.63, 3.8) is 0 Å². The largest absolute Gasteiger partial charge is 0.311 e. The molecule has 19 heavy (non-hydrogen) atoms. The Hall–Kier alpha value is 0.270. The van der Waals surface area contributed by atoms with Gasteiger partial charge in [-0.25, -0.2) is 0 Å². The molecule has 3 atom stereocenters. The first kappa shape index (κ1) is 15.7. The maximum atomic E-state index is 3.77. The van der Waals surface area contributed by atoms with E-state index in [0.717, 1.165) is 23.1 Å². The van der Waals surface area contributed by atoms with Crippen LogP contribution in [0.2, 0.25) is 0 Å². The fourth-order valence-electron chi connectivity index (χ4n) is 3.38. The van der Waals surface area contributed by atoms with Crippen molar-refractivity contribution in [2.75, 3.05) is 25.4 Å². The highest BCUT2D eigenvalue weighted by Crippen LogP contribution is 2.28. The average molecular weight is 285 g/mol. The minimum Gasteiger partial charge on any atom is -0.311 e. The molecule has 3 heteroatoms. The van der Waals surface area contributed by atoms with Crippen molar-refractivity contribution in [3.8, 4) is 0 Å². The van der Waals surface area contributed by atoms with E-state index in [1.54, 1.807) is 0 Å². The molecule has 2 heterocycles. The molecule has 3 unspecified atom stereocenters. The van der Waals surface area contributed by atoms with Gasteiger partial charge in [-0.1, -0.05) is 34.1 Å². The lowest BCUT2D eigenvalue weighted by atomic mass is 9.94. The van der Waals surface area contributed by atoms with Crippen molar-refractivity contribution >= 4 is 11.8 Å². The number of nitrogens with zero attached hydrogens (tertiary/aromatic N) is 1. The molecule has 0 spiro atoms. The van der Waals surface area contributed by atoms with Gasteiger partial charge in [0.25, 0.3) is 0 Å². The number of hydrogen-bond acceptors (Lipinski definition) is 3. The highest BCUT2D eigenvalue weighted by molar-refractivity contribution is 7.99. The van der Waals surface area contributed by atoms with Crippen molar-refractivity contribution in [1.82, 2.24) is 10.2 Å². The summed E-state index contributed by atoms with van der Waals surface area (Å²) < 4.78 is 0. The smallest absolute Gasteiger partial charge is 0.0244 e. The van der Waals surface area contributed by atoms with Crippen LogP contribution in [0.1, 0.15) is 47.0 Å². The third-order valence-electron chi connectivity index (χ3n) is 4.78. The number of piperazine rings is 1. The van der Waals surface area contributed by atoms with E-state index in [4.69, 9.17) is 0 Å². The maximum Gasteiger partial charge on any atom is 0.0244 e. The van der Waals surface area contributed by atoms with Gasteiger partial charge >= 0.3 is 0 Å². The Kier molecular flexibility index (Phi) is 6.04. The zero-order chi connectivity index (χ0) is 13.8. The summed E-state index contributed by atoms with van der Waals surface area (Å²) in [6.45, 7) is 13.2. The lowest BCUT2D eigenvalue weighted by molar-refractivity contribution is 0.0847. The summed E-state index contributed by atoms with van der Waals surface area (Å²) in [6, 6.07) is 1.42. The molecule has 0 saturated carbocycles. The van der Waals surface area contributed by atoms with Crippen molar-refractivity contribution in [3.05, 3.63) is 0 Å². The van der Waals surface area contributed by atoms with Crippen LogP contribution in [0.3, 0.4) is 0 Å². The molecule has 2 saturated heterocycles. The second-order valence-corrected chi connectivity index (χ2v) is 8.42. The van der Waals surface area contributed by atoms with Crippen molar-refractivity contribution < 1.29 is 0 Å². The molecule has 2 rings (SSSR count). The third-order valence-corrected chi connectivity index (χ3v) is 6.16. The Labute approximate surface area is 124 Å². The first-order valence-corrected chi connectivity index (χ1v) is 9.22. The highest BCUT2D eigenvalue weighted by atomic mass is 32.2. The van der Waals surface area contributed by atoms with Gasteiger partial charge in [-0.05, 0) is 30.4 Å². The minimum absolute atomic E-state index is 0.684. The summed E-state index contributed by atoms with van der Waals surface area (Å²) in [6.07, 6.45) is 4.32. The predicted octanol–water partition coefficient (Wildman–Crippen LogP) is 3.23. The SMILES string of the molecule is CC(C)C1CN(CC2CCCCS2)C(C(C)C)CN1. The van der Waals surface area contributed by atoms with Crippen LogP contribution in [0.4, 0.5) is 0 Å². The van der Waals surface area contributed by atoms with E-state index in [1.807, 2.05) is 0 Å². The lowest BCUT2D eigenvalue weighted by Gasteiger charge is -2.45. The Balaban J connectivity index is 1.94. The van der Waals surface area contributed by atoms with E-state index >= 15 is 0 Å². The number of hydrogen-bond donors (Lipinski definition) is 1. The zero-order valence-corrected chi connectivity index (χ0v) is 14.0. The zero-order valence-electron chi connectivity index (χ0n) is 13.2. The molecule has 0 aromatic carbocycles. The molecule has 2 nitrogen and oxygen atoms in total. The number of rotatable bonds is 4. The molecule has 2 aliphatic rings. The van der Waals surface area contributed by atoms with Gasteiger partial charge in [0.1, 0.15) is 0 Å². The topological polar surface area (TPSA) is 15.3 Å². The molecule has 0 aromatic heterocycles. The molecule has 2 fully saturated rings. The predicted molar refractivity (Wildman–Crippen MR) is 86.9 cm³/mol. The molecular formula is C16H32N2S. The molecule has 0 radical (unpaired) electrons. The molecule has 0 aliphatic carbocycles. The van der Waals surface area contributed by atoms with Gasteiger partial charge in [0.2, 0.25) is 0 Å². The second-order valence-electron chi connectivity index (χ2n) is 7.01. The van der Waals surface area contributed by atoms with Crippen LogP contribution in [-0.2, 0) is 0 Å². The highest BCUT2D eigenvalue weighted by Gasteiger charge is 2.32. The Bertz CT molecular complexity index is 261. The van der Waals surface area contributed by atoms with E-state index in [2.05, 4.69) is 49.7 Å². The van der Waals surface area contributed by atoms with Crippen LogP contribution >= 0.6 is 11.8 Å². The third kappa shape index (κ3) is 4.37. The monoisotopic (exact) mass is 284 g/mol. The van der Waals surface area contributed by atoms with E-state index < -0.39 is 0 Å². The lowest BCUT2D eigenvalue weighted by Crippen LogP contribution is -2.60. The fourth-order valence-corrected chi connectivity index (χ4v) is 4.71. The van der Waals surface area contributed by atoms with Gasteiger partial charge in [0, 0.05) is 37.0 Å². The van der Waals surface area contributed by atoms with Crippen molar-refractivity contribution in [1.29, 1.82) is 0 Å². The van der Waals surface area contributed by atoms with Crippen LogP contribution < -0.4 is 5.32 Å². The van der Waals surface area contributed by atoms with E-state index in [9.17, 15) is 0 Å². The van der Waals surface area contributed by atoms with E-state index in [0.29, 0.717) is 6.04 Å². The molecule has 112 valence electrons. The summed E-state index contributed by atoms with van der Waals surface area (Å²) in [5, 5.41) is 4.66. The van der Waals surface area contributed by atoms with Gasteiger partial charge in [0.15, 0.2) is 0 Å². The van der Waals surface area contributed by atoms with Gasteiger partial charge < -0.3 is 5.32 Å². The van der Waals surface area contributed by atoms with Gasteiger partial charge in [-0.2, -0.15) is 11.8 Å². The van der Waals surface area contributed by atoms with Crippen LogP contribution in [0, 0.1) is 11.8 Å². The first-order chi connectivity index (χ1) is 9.08. The molecule has 1 N–H and O–H groups in total. The molecule has 0 amide bonds. The number of thioether (sulfide) groups is 1. The quantitative estimate of drug-likeness (QED) is 0.853. The van der Waals surface area contributed by atoms with Crippen LogP contribution in [0.15, 0.2) is 0 Å². The maximum absolute atomic E-state index is 3.77. The van der Waals surface area contributed by atoms with Crippen LogP contribution in [-0.4, -0.2) is 47.6 Å². The summed E-state index contributed by atoms with van der Waals surface area (Å²) in [5.41, 5.74) is 0. The summed E-state index contributed by atoms with van der Waals surface area (Å²) >= 11 is 2.22. The van der Waals surface area contributed by atoms with Gasteiger partial charge in [-0.3, -0.25) is 4.90 Å². The standard InChI is InChI=1S/C16H32N2S/c1-12(2)15-11-18(16(9-17-15)13(3)4)10-14-7-5-6-8-19-14/h12-17H,5-11H2,1-4H3. The van der Waals surface area contributed by atoms with Crippen molar-refractivity contribution in [2.45, 2.75) is 64.3 Å². The van der Waals surface area contributed by atoms with Crippen LogP contribution in [0.5, 0.6) is 0 Å². The normalized spacial score (nSPS) is 34.1. The molecule has 0 bridgehead atoms. The molecule has 2 aliphatic heterocycles. The summed E-state index contributed by atoms with van der Waals surface area (Å²) in [5.74, 6) is 2.89. The Morgan fingerprint density at radius 2 is 1.95 bits per heavy atom. The summed E-state index contributed by atoms with van der Waals surface area (Å²) in [4.78, 5) is 2.80. The number of nitrogens with one attached hydrogen (secondary N) is 1. The van der Waals surface area contributed by atoms with E-state index in [1.165, 1.54) is 44.6 Å². The van der Waals surface area contributed by atoms with Crippen LogP contribution in [0.25, 0.3) is 0 Å². The Morgan fingerprint density at radius 1 is 1.16 bits per heavy atom. The Morgan fingerprint density at radius 3 is 2.53 bits per heavy atom. The fraction of sp³-hybridized carbons (Fsp3) is 1.00. The van der Waals surface area contributed by atoms with Gasteiger partial charge in [0.05, 0.1) is 0 Å². The summed E-state index contributed by atoms with van der Waals surface area (Å²) in [7, 11) is 0. The molecule has 0 aromatic rings. The van der Waals surface area contributed by atoms with E-state index in [-0.39, 0.29) is 0 Å². The van der Waals surface area contributed by atoms with Crippen molar-refractivity contribution in [2.24, 2.45) is 11.8 Å². The van der Waals surface area contributed by atoms with Gasteiger partial charge in [-0.15, -0.1) is 0 Å². The molecular weight excluding hydrogens is 252 g/mol. The second kappa shape index (κ2) is 7.33.